The van der Waals surface area contributed by atoms with E-state index in [-0.39, 0.29) is 11.9 Å². The zero-order valence-corrected chi connectivity index (χ0v) is 11.9. The van der Waals surface area contributed by atoms with Crippen molar-refractivity contribution in [2.24, 2.45) is 5.84 Å². The van der Waals surface area contributed by atoms with Gasteiger partial charge in [-0.2, -0.15) is 0 Å². The molecule has 0 aliphatic carbocycles. The summed E-state index contributed by atoms with van der Waals surface area (Å²) in [4.78, 5) is 0. The Balaban J connectivity index is 2.57. The Bertz CT molecular complexity index is 613. The summed E-state index contributed by atoms with van der Waals surface area (Å²) < 4.78 is 18.9. The van der Waals surface area contributed by atoms with Crippen LogP contribution in [0.5, 0.6) is 5.75 Å². The van der Waals surface area contributed by atoms with Crippen molar-refractivity contribution in [1.29, 1.82) is 0 Å². The number of benzene rings is 2. The van der Waals surface area contributed by atoms with Crippen molar-refractivity contribution in [2.45, 2.75) is 19.9 Å². The van der Waals surface area contributed by atoms with Gasteiger partial charge in [0.05, 0.1) is 13.2 Å². The summed E-state index contributed by atoms with van der Waals surface area (Å²) in [6.07, 6.45) is 0. The zero-order valence-electron chi connectivity index (χ0n) is 11.9. The molecule has 106 valence electrons. The highest BCUT2D eigenvalue weighted by molar-refractivity contribution is 5.45. The lowest BCUT2D eigenvalue weighted by atomic mass is 9.93. The quantitative estimate of drug-likeness (QED) is 0.665. The average Bonchev–Trinajstić information content (AvgIpc) is 2.44. The van der Waals surface area contributed by atoms with E-state index in [1.54, 1.807) is 13.2 Å². The molecule has 0 amide bonds. The van der Waals surface area contributed by atoms with E-state index in [2.05, 4.69) is 5.43 Å². The molecule has 4 heteroatoms. The second-order valence-electron chi connectivity index (χ2n) is 4.85. The van der Waals surface area contributed by atoms with Crippen LogP contribution in [0.1, 0.15) is 28.3 Å². The molecule has 0 fully saturated rings. The summed E-state index contributed by atoms with van der Waals surface area (Å²) in [6.45, 7) is 3.93. The molecule has 0 spiro atoms. The Morgan fingerprint density at radius 3 is 2.50 bits per heavy atom. The maximum Gasteiger partial charge on any atom is 0.124 e. The van der Waals surface area contributed by atoms with Gasteiger partial charge in [0.25, 0.3) is 0 Å². The SMILES string of the molecule is COc1ccc(C)cc1C(NN)c1cc(F)ccc1C. The van der Waals surface area contributed by atoms with Crippen molar-refractivity contribution in [3.05, 3.63) is 64.5 Å². The number of halogens is 1. The van der Waals surface area contributed by atoms with E-state index in [4.69, 9.17) is 10.6 Å². The number of nitrogens with one attached hydrogen (secondary N) is 1. The lowest BCUT2D eigenvalue weighted by molar-refractivity contribution is 0.404. The third-order valence-corrected chi connectivity index (χ3v) is 3.42. The van der Waals surface area contributed by atoms with E-state index in [0.717, 1.165) is 28.0 Å². The monoisotopic (exact) mass is 274 g/mol. The first-order valence-corrected chi connectivity index (χ1v) is 6.43. The van der Waals surface area contributed by atoms with Crippen molar-refractivity contribution in [3.8, 4) is 5.75 Å². The number of hydrogen-bond acceptors (Lipinski definition) is 3. The Morgan fingerprint density at radius 2 is 1.85 bits per heavy atom. The summed E-state index contributed by atoms with van der Waals surface area (Å²) in [5.74, 6) is 6.15. The predicted octanol–water partition coefficient (Wildman–Crippen LogP) is 3.00. The zero-order chi connectivity index (χ0) is 14.7. The highest BCUT2D eigenvalue weighted by atomic mass is 19.1. The molecule has 3 N–H and O–H groups in total. The first-order valence-electron chi connectivity index (χ1n) is 6.43. The summed E-state index contributed by atoms with van der Waals surface area (Å²) >= 11 is 0. The first-order chi connectivity index (χ1) is 9.56. The van der Waals surface area contributed by atoms with Crippen LogP contribution in [0.2, 0.25) is 0 Å². The molecule has 0 saturated carbocycles. The Labute approximate surface area is 118 Å². The average molecular weight is 274 g/mol. The molecule has 3 nitrogen and oxygen atoms in total. The topological polar surface area (TPSA) is 47.3 Å². The highest BCUT2D eigenvalue weighted by Crippen LogP contribution is 2.32. The third-order valence-electron chi connectivity index (χ3n) is 3.42. The Hall–Kier alpha value is -1.91. The van der Waals surface area contributed by atoms with Crippen LogP contribution in [0.15, 0.2) is 36.4 Å². The molecule has 0 radical (unpaired) electrons. The highest BCUT2D eigenvalue weighted by Gasteiger charge is 2.19. The van der Waals surface area contributed by atoms with Crippen LogP contribution in [0, 0.1) is 19.7 Å². The molecular weight excluding hydrogens is 255 g/mol. The van der Waals surface area contributed by atoms with Crippen LogP contribution in [0.3, 0.4) is 0 Å². The van der Waals surface area contributed by atoms with Crippen molar-refractivity contribution in [2.75, 3.05) is 7.11 Å². The standard InChI is InChI=1S/C16H19FN2O/c1-10-4-7-15(20-3)14(8-10)16(19-18)13-9-12(17)6-5-11(13)2/h4-9,16,19H,18H2,1-3H3. The maximum atomic E-state index is 13.5. The molecule has 1 atom stereocenters. The normalized spacial score (nSPS) is 12.2. The van der Waals surface area contributed by atoms with Crippen molar-refractivity contribution < 1.29 is 9.13 Å². The molecule has 0 aliphatic rings. The second kappa shape index (κ2) is 6.03. The molecular formula is C16H19FN2O. The smallest absolute Gasteiger partial charge is 0.124 e. The number of nitrogens with two attached hydrogens (primary N) is 1. The number of hydrazine groups is 1. The van der Waals surface area contributed by atoms with E-state index >= 15 is 0 Å². The van der Waals surface area contributed by atoms with Gasteiger partial charge in [-0.3, -0.25) is 5.84 Å². The number of rotatable bonds is 4. The van der Waals surface area contributed by atoms with Crippen LogP contribution in [0.4, 0.5) is 4.39 Å². The van der Waals surface area contributed by atoms with E-state index in [1.807, 2.05) is 32.0 Å². The number of methoxy groups -OCH3 is 1. The minimum atomic E-state index is -0.319. The summed E-state index contributed by atoms with van der Waals surface area (Å²) in [5, 5.41) is 0. The first kappa shape index (κ1) is 14.5. The minimum absolute atomic E-state index is 0.280. The molecule has 0 aromatic heterocycles. The molecule has 2 rings (SSSR count). The molecule has 0 aliphatic heterocycles. The van der Waals surface area contributed by atoms with Crippen LogP contribution in [-0.4, -0.2) is 7.11 Å². The van der Waals surface area contributed by atoms with Crippen molar-refractivity contribution >= 4 is 0 Å². The lowest BCUT2D eigenvalue weighted by Gasteiger charge is -2.22. The third kappa shape index (κ3) is 2.81. The van der Waals surface area contributed by atoms with Gasteiger partial charge in [0, 0.05) is 5.56 Å². The molecule has 2 aromatic rings. The summed E-state index contributed by atoms with van der Waals surface area (Å²) in [6, 6.07) is 10.2. The van der Waals surface area contributed by atoms with Gasteiger partial charge in [-0.1, -0.05) is 23.8 Å². The summed E-state index contributed by atoms with van der Waals surface area (Å²) in [5.41, 5.74) is 6.52. The molecule has 0 heterocycles. The molecule has 2 aromatic carbocycles. The fourth-order valence-corrected chi connectivity index (χ4v) is 2.35. The van der Waals surface area contributed by atoms with Gasteiger partial charge in [-0.25, -0.2) is 9.82 Å². The van der Waals surface area contributed by atoms with Gasteiger partial charge in [0.2, 0.25) is 0 Å². The van der Waals surface area contributed by atoms with Crippen molar-refractivity contribution in [1.82, 2.24) is 5.43 Å². The van der Waals surface area contributed by atoms with E-state index in [9.17, 15) is 4.39 Å². The molecule has 1 unspecified atom stereocenters. The van der Waals surface area contributed by atoms with Crippen LogP contribution in [0.25, 0.3) is 0 Å². The predicted molar refractivity (Wildman–Crippen MR) is 78.0 cm³/mol. The molecule has 20 heavy (non-hydrogen) atoms. The van der Waals surface area contributed by atoms with Crippen LogP contribution in [-0.2, 0) is 0 Å². The van der Waals surface area contributed by atoms with E-state index in [1.165, 1.54) is 12.1 Å². The number of hydrogen-bond donors (Lipinski definition) is 2. The van der Waals surface area contributed by atoms with Gasteiger partial charge in [-0.05, 0) is 43.2 Å². The lowest BCUT2D eigenvalue weighted by Crippen LogP contribution is -2.30. The Kier molecular flexibility index (Phi) is 4.37. The van der Waals surface area contributed by atoms with Gasteiger partial charge >= 0.3 is 0 Å². The largest absolute Gasteiger partial charge is 0.496 e. The molecule has 0 bridgehead atoms. The van der Waals surface area contributed by atoms with Gasteiger partial charge in [-0.15, -0.1) is 0 Å². The Morgan fingerprint density at radius 1 is 1.10 bits per heavy atom. The van der Waals surface area contributed by atoms with Gasteiger partial charge in [0.1, 0.15) is 11.6 Å². The fourth-order valence-electron chi connectivity index (χ4n) is 2.35. The van der Waals surface area contributed by atoms with Crippen molar-refractivity contribution in [3.63, 3.8) is 0 Å². The maximum absolute atomic E-state index is 13.5. The fraction of sp³-hybridized carbons (Fsp3) is 0.250. The summed E-state index contributed by atoms with van der Waals surface area (Å²) in [7, 11) is 1.61. The second-order valence-corrected chi connectivity index (χ2v) is 4.85. The number of ether oxygens (including phenoxy) is 1. The number of aryl methyl sites for hydroxylation is 2. The van der Waals surface area contributed by atoms with Gasteiger partial charge < -0.3 is 4.74 Å². The minimum Gasteiger partial charge on any atom is -0.496 e. The van der Waals surface area contributed by atoms with Crippen LogP contribution < -0.4 is 16.0 Å². The van der Waals surface area contributed by atoms with Crippen LogP contribution >= 0.6 is 0 Å². The van der Waals surface area contributed by atoms with E-state index < -0.39 is 0 Å². The van der Waals surface area contributed by atoms with E-state index in [0.29, 0.717) is 0 Å². The molecule has 0 saturated heterocycles. The van der Waals surface area contributed by atoms with Gasteiger partial charge in [0.15, 0.2) is 0 Å².